The Labute approximate surface area is 162 Å². The summed E-state index contributed by atoms with van der Waals surface area (Å²) in [5.74, 6) is 1.51. The molecular formula is C21H32N2O4. The maximum Gasteiger partial charge on any atom is 0.260 e. The van der Waals surface area contributed by atoms with Crippen LogP contribution in [0, 0.1) is 5.92 Å². The quantitative estimate of drug-likeness (QED) is 0.696. The first kappa shape index (κ1) is 20.1. The zero-order chi connectivity index (χ0) is 18.9. The van der Waals surface area contributed by atoms with Crippen LogP contribution in [0.3, 0.4) is 0 Å². The van der Waals surface area contributed by atoms with Gasteiger partial charge in [-0.1, -0.05) is 19.1 Å². The fourth-order valence-electron chi connectivity index (χ4n) is 3.60. The van der Waals surface area contributed by atoms with Crippen molar-refractivity contribution in [2.24, 2.45) is 5.92 Å². The van der Waals surface area contributed by atoms with Gasteiger partial charge in [-0.05, 0) is 43.0 Å². The molecule has 2 saturated heterocycles. The lowest BCUT2D eigenvalue weighted by molar-refractivity contribution is -0.137. The Bertz CT molecular complexity index is 566. The number of benzene rings is 1. The van der Waals surface area contributed by atoms with E-state index < -0.39 is 0 Å². The van der Waals surface area contributed by atoms with Gasteiger partial charge in [-0.3, -0.25) is 9.69 Å². The van der Waals surface area contributed by atoms with Gasteiger partial charge >= 0.3 is 0 Å². The molecule has 27 heavy (non-hydrogen) atoms. The second-order valence-electron chi connectivity index (χ2n) is 7.31. The molecule has 0 N–H and O–H groups in total. The van der Waals surface area contributed by atoms with Crippen LogP contribution in [0.2, 0.25) is 0 Å². The van der Waals surface area contributed by atoms with Crippen molar-refractivity contribution in [3.05, 3.63) is 29.8 Å². The molecule has 2 aliphatic rings. The van der Waals surface area contributed by atoms with Crippen LogP contribution in [-0.4, -0.2) is 74.9 Å². The van der Waals surface area contributed by atoms with Crippen molar-refractivity contribution in [3.63, 3.8) is 0 Å². The Hall–Kier alpha value is -1.63. The molecule has 150 valence electrons. The number of morpholine rings is 1. The number of carbonyl (C=O) groups excluding carboxylic acids is 1. The average molecular weight is 376 g/mol. The van der Waals surface area contributed by atoms with E-state index in [0.29, 0.717) is 26.3 Å². The predicted octanol–water partition coefficient (Wildman–Crippen LogP) is 2.17. The molecular weight excluding hydrogens is 344 g/mol. The maximum absolute atomic E-state index is 12.1. The van der Waals surface area contributed by atoms with E-state index in [1.807, 2.05) is 12.1 Å². The van der Waals surface area contributed by atoms with E-state index >= 15 is 0 Å². The summed E-state index contributed by atoms with van der Waals surface area (Å²) in [4.78, 5) is 16.4. The first-order valence-electron chi connectivity index (χ1n) is 10.1. The van der Waals surface area contributed by atoms with Gasteiger partial charge in [0.15, 0.2) is 6.61 Å². The summed E-state index contributed by atoms with van der Waals surface area (Å²) >= 11 is 0. The van der Waals surface area contributed by atoms with Crippen molar-refractivity contribution in [2.45, 2.75) is 26.3 Å². The first-order valence-corrected chi connectivity index (χ1v) is 10.1. The lowest BCUT2D eigenvalue weighted by Gasteiger charge is -2.29. The number of hydrogen-bond donors (Lipinski definition) is 0. The fraction of sp³-hybridized carbons (Fsp3) is 0.667. The summed E-state index contributed by atoms with van der Waals surface area (Å²) in [7, 11) is 0. The minimum absolute atomic E-state index is 0.0241. The molecule has 1 amide bonds. The smallest absolute Gasteiger partial charge is 0.260 e. The molecule has 3 rings (SSSR count). The highest BCUT2D eigenvalue weighted by molar-refractivity contribution is 5.77. The second-order valence-corrected chi connectivity index (χ2v) is 7.31. The van der Waals surface area contributed by atoms with E-state index in [0.717, 1.165) is 44.5 Å². The van der Waals surface area contributed by atoms with Gasteiger partial charge in [0.25, 0.3) is 5.91 Å². The third-order valence-corrected chi connectivity index (χ3v) is 5.36. The molecule has 0 saturated carbocycles. The Morgan fingerprint density at radius 3 is 2.44 bits per heavy atom. The van der Waals surface area contributed by atoms with Gasteiger partial charge in [0, 0.05) is 39.4 Å². The van der Waals surface area contributed by atoms with Crippen LogP contribution in [0.5, 0.6) is 5.75 Å². The maximum atomic E-state index is 12.1. The molecule has 0 aromatic heterocycles. The predicted molar refractivity (Wildman–Crippen MR) is 104 cm³/mol. The Kier molecular flexibility index (Phi) is 7.93. The average Bonchev–Trinajstić information content (AvgIpc) is 2.74. The van der Waals surface area contributed by atoms with E-state index in [1.165, 1.54) is 18.4 Å². The van der Waals surface area contributed by atoms with E-state index in [2.05, 4.69) is 24.0 Å². The highest BCUT2D eigenvalue weighted by Crippen LogP contribution is 2.19. The molecule has 0 unspecified atom stereocenters. The third-order valence-electron chi connectivity index (χ3n) is 5.36. The fourth-order valence-corrected chi connectivity index (χ4v) is 3.60. The summed E-state index contributed by atoms with van der Waals surface area (Å²) in [6, 6.07) is 8.12. The van der Waals surface area contributed by atoms with Crippen LogP contribution in [0.4, 0.5) is 0 Å². The zero-order valence-electron chi connectivity index (χ0n) is 16.4. The van der Waals surface area contributed by atoms with Gasteiger partial charge in [-0.25, -0.2) is 0 Å². The molecule has 2 heterocycles. The van der Waals surface area contributed by atoms with Crippen LogP contribution in [-0.2, 0) is 20.8 Å². The van der Waals surface area contributed by atoms with Crippen molar-refractivity contribution >= 4 is 5.91 Å². The van der Waals surface area contributed by atoms with Crippen LogP contribution in [0.15, 0.2) is 24.3 Å². The molecule has 0 aliphatic carbocycles. The molecule has 2 fully saturated rings. The Morgan fingerprint density at radius 2 is 1.78 bits per heavy atom. The number of rotatable bonds is 8. The van der Waals surface area contributed by atoms with Gasteiger partial charge < -0.3 is 19.1 Å². The van der Waals surface area contributed by atoms with Gasteiger partial charge in [-0.2, -0.15) is 0 Å². The number of hydrogen-bond acceptors (Lipinski definition) is 5. The highest BCUT2D eigenvalue weighted by Gasteiger charge is 2.18. The van der Waals surface area contributed by atoms with E-state index in [1.54, 1.807) is 4.90 Å². The van der Waals surface area contributed by atoms with Gasteiger partial charge in [0.2, 0.25) is 0 Å². The molecule has 0 radical (unpaired) electrons. The first-order chi connectivity index (χ1) is 13.2. The lowest BCUT2D eigenvalue weighted by atomic mass is 9.99. The molecule has 0 atom stereocenters. The van der Waals surface area contributed by atoms with Crippen LogP contribution in [0.1, 0.15) is 25.3 Å². The van der Waals surface area contributed by atoms with E-state index in [4.69, 9.17) is 14.2 Å². The zero-order valence-corrected chi connectivity index (χ0v) is 16.4. The number of amides is 1. The van der Waals surface area contributed by atoms with Crippen LogP contribution >= 0.6 is 0 Å². The molecule has 6 heteroatoms. The molecule has 1 aromatic carbocycles. The molecule has 0 bridgehead atoms. The van der Waals surface area contributed by atoms with Gasteiger partial charge in [0.05, 0.1) is 13.2 Å². The monoisotopic (exact) mass is 376 g/mol. The molecule has 1 aromatic rings. The van der Waals surface area contributed by atoms with Crippen molar-refractivity contribution in [3.8, 4) is 5.75 Å². The standard InChI is InChI=1S/C21H32N2O4/c1-2-22(16-19-7-11-25-12-8-19)15-18-3-5-20(6-4-18)27-17-21(24)23-9-13-26-14-10-23/h3-6,19H,2,7-17H2,1H3. The summed E-state index contributed by atoms with van der Waals surface area (Å²) in [6.45, 7) is 9.76. The minimum Gasteiger partial charge on any atom is -0.484 e. The molecule has 6 nitrogen and oxygen atoms in total. The van der Waals surface area contributed by atoms with Crippen molar-refractivity contribution in [1.82, 2.24) is 9.80 Å². The number of ether oxygens (including phenoxy) is 3. The van der Waals surface area contributed by atoms with Gasteiger partial charge in [-0.15, -0.1) is 0 Å². The van der Waals surface area contributed by atoms with E-state index in [-0.39, 0.29) is 12.5 Å². The Balaban J connectivity index is 1.43. The topological polar surface area (TPSA) is 51.2 Å². The van der Waals surface area contributed by atoms with Crippen molar-refractivity contribution < 1.29 is 19.0 Å². The van der Waals surface area contributed by atoms with Gasteiger partial charge in [0.1, 0.15) is 5.75 Å². The largest absolute Gasteiger partial charge is 0.484 e. The summed E-state index contributed by atoms with van der Waals surface area (Å²) in [6.07, 6.45) is 2.33. The lowest BCUT2D eigenvalue weighted by Crippen LogP contribution is -2.42. The third kappa shape index (κ3) is 6.48. The normalized spacial score (nSPS) is 18.7. The SMILES string of the molecule is CCN(Cc1ccc(OCC(=O)N2CCOCC2)cc1)CC1CCOCC1. The molecule has 2 aliphatic heterocycles. The summed E-state index contributed by atoms with van der Waals surface area (Å²) in [5, 5.41) is 0. The summed E-state index contributed by atoms with van der Waals surface area (Å²) < 4.78 is 16.4. The van der Waals surface area contributed by atoms with Crippen molar-refractivity contribution in [2.75, 3.05) is 59.2 Å². The molecule has 0 spiro atoms. The van der Waals surface area contributed by atoms with E-state index in [9.17, 15) is 4.79 Å². The highest BCUT2D eigenvalue weighted by atomic mass is 16.5. The van der Waals surface area contributed by atoms with Crippen LogP contribution < -0.4 is 4.74 Å². The number of nitrogens with zero attached hydrogens (tertiary/aromatic N) is 2. The summed E-state index contributed by atoms with van der Waals surface area (Å²) in [5.41, 5.74) is 1.27. The second kappa shape index (κ2) is 10.6. The minimum atomic E-state index is 0.0241. The van der Waals surface area contributed by atoms with Crippen molar-refractivity contribution in [1.29, 1.82) is 0 Å². The number of carbonyl (C=O) groups is 1. The van der Waals surface area contributed by atoms with Crippen LogP contribution in [0.25, 0.3) is 0 Å². The Morgan fingerprint density at radius 1 is 1.11 bits per heavy atom.